The van der Waals surface area contributed by atoms with Gasteiger partial charge in [-0.05, 0) is 127 Å². The van der Waals surface area contributed by atoms with Crippen molar-refractivity contribution >= 4 is 48.6 Å². The van der Waals surface area contributed by atoms with Gasteiger partial charge in [-0.1, -0.05) is 188 Å². The molecule has 0 unspecified atom stereocenters. The summed E-state index contributed by atoms with van der Waals surface area (Å²) in [6, 6.07) is 90.3. The third-order valence-corrected chi connectivity index (χ3v) is 13.0. The molecule has 11 aromatic rings. The Morgan fingerprint density at radius 3 is 1.18 bits per heavy atom. The number of fused-ring (bicyclic) bond motifs is 3. The van der Waals surface area contributed by atoms with Gasteiger partial charge in [0.2, 0.25) is 0 Å². The molecule has 0 aliphatic rings. The van der Waals surface area contributed by atoms with E-state index in [0.29, 0.717) is 0 Å². The van der Waals surface area contributed by atoms with E-state index in [9.17, 15) is 0 Å². The molecule has 1 aromatic heterocycles. The molecule has 1 nitrogen and oxygen atoms in total. The van der Waals surface area contributed by atoms with Crippen LogP contribution in [0.5, 0.6) is 0 Å². The topological polar surface area (TPSA) is 3.24 Å². The summed E-state index contributed by atoms with van der Waals surface area (Å²) in [5.74, 6) is 0. The zero-order valence-corrected chi connectivity index (χ0v) is 34.8. The van der Waals surface area contributed by atoms with Gasteiger partial charge in [-0.3, -0.25) is 0 Å². The summed E-state index contributed by atoms with van der Waals surface area (Å²) >= 11 is 1.86. The van der Waals surface area contributed by atoms with E-state index in [0.717, 1.165) is 17.1 Å². The van der Waals surface area contributed by atoms with E-state index in [1.807, 2.05) is 11.3 Å². The second-order valence-corrected chi connectivity index (χ2v) is 16.8. The predicted molar refractivity (Wildman–Crippen MR) is 267 cm³/mol. The number of thiophene rings is 1. The lowest BCUT2D eigenvalue weighted by atomic mass is 9.93. The quantitative estimate of drug-likeness (QED) is 0.140. The van der Waals surface area contributed by atoms with Gasteiger partial charge in [0.05, 0.1) is 5.69 Å². The summed E-state index contributed by atoms with van der Waals surface area (Å²) in [5, 5.41) is 2.53. The van der Waals surface area contributed by atoms with Crippen molar-refractivity contribution in [3.8, 4) is 66.8 Å². The van der Waals surface area contributed by atoms with E-state index in [2.05, 4.69) is 254 Å². The summed E-state index contributed by atoms with van der Waals surface area (Å²) < 4.78 is 2.55. The Bertz CT molecular complexity index is 3240. The normalized spacial score (nSPS) is 11.2. The van der Waals surface area contributed by atoms with E-state index in [1.165, 1.54) is 86.9 Å². The number of hydrogen-bond donors (Lipinski definition) is 0. The molecule has 0 saturated carbocycles. The first-order valence-electron chi connectivity index (χ1n) is 21.2. The fraction of sp³-hybridized carbons (Fsp3) is 0. The maximum atomic E-state index is 2.44. The SMILES string of the molecule is c1ccc(-c2cc(-c3ccccc3)cc(-c3ccc(N(c4ccc(-c5ccccc5-c5ccccc5)cc4)c4cccc5sc6cc(-c7ccccc7)ccc6c45)cc3)c2)cc1. The van der Waals surface area contributed by atoms with Crippen molar-refractivity contribution in [2.24, 2.45) is 0 Å². The highest BCUT2D eigenvalue weighted by Crippen LogP contribution is 2.46. The van der Waals surface area contributed by atoms with Gasteiger partial charge >= 0.3 is 0 Å². The third kappa shape index (κ3) is 7.17. The van der Waals surface area contributed by atoms with Gasteiger partial charge in [-0.2, -0.15) is 0 Å². The Hall–Kier alpha value is -7.78. The lowest BCUT2D eigenvalue weighted by Gasteiger charge is -2.27. The average Bonchev–Trinajstić information content (AvgIpc) is 3.74. The maximum Gasteiger partial charge on any atom is 0.0554 e. The standard InChI is InChI=1S/C60H41NS/c1-5-16-42(17-6-1)48-32-37-56-59(41-48)62-58-27-15-26-57(60(56)58)61(53-35-30-47(31-36-53)55-25-14-13-24-54(55)46-22-11-4-12-23-46)52-33-28-45(29-34-52)51-39-49(43-18-7-2-8-19-43)38-50(40-51)44-20-9-3-10-21-44/h1-41H. The Balaban J connectivity index is 1.05. The number of rotatable bonds is 9. The zero-order valence-electron chi connectivity index (χ0n) is 34.0. The third-order valence-electron chi connectivity index (χ3n) is 11.9. The molecule has 2 heteroatoms. The Kier molecular flexibility index (Phi) is 9.82. The van der Waals surface area contributed by atoms with Crippen LogP contribution in [-0.4, -0.2) is 0 Å². The zero-order chi connectivity index (χ0) is 41.2. The minimum Gasteiger partial charge on any atom is -0.310 e. The lowest BCUT2D eigenvalue weighted by Crippen LogP contribution is -2.10. The van der Waals surface area contributed by atoms with Gasteiger partial charge in [0.15, 0.2) is 0 Å². The molecule has 0 aliphatic carbocycles. The molecule has 0 amide bonds. The maximum absolute atomic E-state index is 2.44. The number of benzene rings is 10. The van der Waals surface area contributed by atoms with E-state index in [4.69, 9.17) is 0 Å². The van der Waals surface area contributed by atoms with Crippen LogP contribution < -0.4 is 4.90 Å². The molecule has 0 radical (unpaired) electrons. The second kappa shape index (κ2) is 16.3. The highest BCUT2D eigenvalue weighted by atomic mass is 32.1. The van der Waals surface area contributed by atoms with Crippen molar-refractivity contribution in [1.82, 2.24) is 0 Å². The smallest absolute Gasteiger partial charge is 0.0554 e. The summed E-state index contributed by atoms with van der Waals surface area (Å²) in [4.78, 5) is 2.44. The van der Waals surface area contributed by atoms with Crippen molar-refractivity contribution in [2.45, 2.75) is 0 Å². The van der Waals surface area contributed by atoms with Crippen LogP contribution in [0.2, 0.25) is 0 Å². The van der Waals surface area contributed by atoms with Crippen LogP contribution in [0.4, 0.5) is 17.1 Å². The van der Waals surface area contributed by atoms with Gasteiger partial charge in [-0.25, -0.2) is 0 Å². The van der Waals surface area contributed by atoms with Crippen molar-refractivity contribution in [1.29, 1.82) is 0 Å². The largest absolute Gasteiger partial charge is 0.310 e. The van der Waals surface area contributed by atoms with Crippen LogP contribution >= 0.6 is 11.3 Å². The molecular weight excluding hydrogens is 767 g/mol. The molecule has 0 bridgehead atoms. The van der Waals surface area contributed by atoms with Crippen LogP contribution in [0.25, 0.3) is 86.9 Å². The van der Waals surface area contributed by atoms with Gasteiger partial charge in [-0.15, -0.1) is 11.3 Å². The monoisotopic (exact) mass is 807 g/mol. The van der Waals surface area contributed by atoms with E-state index in [-0.39, 0.29) is 0 Å². The Morgan fingerprint density at radius 2 is 0.661 bits per heavy atom. The molecule has 0 spiro atoms. The highest BCUT2D eigenvalue weighted by Gasteiger charge is 2.20. The Morgan fingerprint density at radius 1 is 0.258 bits per heavy atom. The van der Waals surface area contributed by atoms with Crippen molar-refractivity contribution in [3.05, 3.63) is 249 Å². The predicted octanol–water partition coefficient (Wildman–Crippen LogP) is 17.5. The molecule has 0 saturated heterocycles. The average molecular weight is 808 g/mol. The summed E-state index contributed by atoms with van der Waals surface area (Å²) in [7, 11) is 0. The van der Waals surface area contributed by atoms with Gasteiger partial charge < -0.3 is 4.90 Å². The first-order chi connectivity index (χ1) is 30.7. The molecule has 1 heterocycles. The molecule has 0 fully saturated rings. The lowest BCUT2D eigenvalue weighted by molar-refractivity contribution is 1.30. The number of hydrogen-bond acceptors (Lipinski definition) is 2. The van der Waals surface area contributed by atoms with Crippen LogP contribution in [0.3, 0.4) is 0 Å². The second-order valence-electron chi connectivity index (χ2n) is 15.7. The van der Waals surface area contributed by atoms with Crippen molar-refractivity contribution in [2.75, 3.05) is 4.90 Å². The first-order valence-corrected chi connectivity index (χ1v) is 22.0. The summed E-state index contributed by atoms with van der Waals surface area (Å²) in [5.41, 5.74) is 17.8. The molecule has 292 valence electrons. The van der Waals surface area contributed by atoms with E-state index >= 15 is 0 Å². The van der Waals surface area contributed by atoms with E-state index < -0.39 is 0 Å². The van der Waals surface area contributed by atoms with Crippen LogP contribution in [0.15, 0.2) is 249 Å². The molecule has 0 N–H and O–H groups in total. The van der Waals surface area contributed by atoms with Crippen molar-refractivity contribution in [3.63, 3.8) is 0 Å². The molecule has 0 atom stereocenters. The molecule has 10 aromatic carbocycles. The minimum absolute atomic E-state index is 1.10. The van der Waals surface area contributed by atoms with Crippen LogP contribution in [0, 0.1) is 0 Å². The first kappa shape index (κ1) is 37.2. The molecule has 0 aliphatic heterocycles. The molecular formula is C60H41NS. The van der Waals surface area contributed by atoms with Crippen LogP contribution in [-0.2, 0) is 0 Å². The van der Waals surface area contributed by atoms with Gasteiger partial charge in [0, 0.05) is 31.5 Å². The van der Waals surface area contributed by atoms with Crippen LogP contribution in [0.1, 0.15) is 0 Å². The summed E-state index contributed by atoms with van der Waals surface area (Å²) in [6.07, 6.45) is 0. The number of anilines is 3. The fourth-order valence-electron chi connectivity index (χ4n) is 8.82. The highest BCUT2D eigenvalue weighted by molar-refractivity contribution is 7.26. The van der Waals surface area contributed by atoms with E-state index in [1.54, 1.807) is 0 Å². The van der Waals surface area contributed by atoms with Gasteiger partial charge in [0.1, 0.15) is 0 Å². The fourth-order valence-corrected chi connectivity index (χ4v) is 9.98. The van der Waals surface area contributed by atoms with Crippen molar-refractivity contribution < 1.29 is 0 Å². The van der Waals surface area contributed by atoms with Gasteiger partial charge in [0.25, 0.3) is 0 Å². The minimum atomic E-state index is 1.10. The molecule has 62 heavy (non-hydrogen) atoms. The summed E-state index contributed by atoms with van der Waals surface area (Å²) in [6.45, 7) is 0. The Labute approximate surface area is 367 Å². The molecule has 11 rings (SSSR count). The number of nitrogens with zero attached hydrogens (tertiary/aromatic N) is 1.